The van der Waals surface area contributed by atoms with Crippen molar-refractivity contribution in [2.75, 3.05) is 31.7 Å². The number of hydrogen-bond donors (Lipinski definition) is 0. The molecule has 2 aromatic rings. The number of amides is 1. The van der Waals surface area contributed by atoms with Crippen molar-refractivity contribution in [3.05, 3.63) is 24.3 Å². The van der Waals surface area contributed by atoms with Crippen molar-refractivity contribution in [3.8, 4) is 0 Å². The maximum Gasteiger partial charge on any atom is 0.320 e. The molecule has 1 aromatic heterocycles. The van der Waals surface area contributed by atoms with Gasteiger partial charge >= 0.3 is 5.97 Å². The maximum absolute atomic E-state index is 12.3. The van der Waals surface area contributed by atoms with E-state index in [4.69, 9.17) is 9.15 Å². The Bertz CT molecular complexity index is 685. The molecule has 8 heteroatoms. The number of benzene rings is 1. The summed E-state index contributed by atoms with van der Waals surface area (Å²) in [7, 11) is 1.37. The lowest BCUT2D eigenvalue weighted by molar-refractivity contribution is -0.141. The van der Waals surface area contributed by atoms with Gasteiger partial charge in [0.05, 0.1) is 12.9 Å². The Kier molecular flexibility index (Phi) is 5.12. The van der Waals surface area contributed by atoms with Gasteiger partial charge in [-0.05, 0) is 12.1 Å². The molecule has 1 aliphatic rings. The van der Waals surface area contributed by atoms with Crippen molar-refractivity contribution in [1.82, 2.24) is 9.88 Å². The van der Waals surface area contributed by atoms with Crippen molar-refractivity contribution in [1.29, 1.82) is 0 Å². The Morgan fingerprint density at radius 2 is 2.30 bits per heavy atom. The van der Waals surface area contributed by atoms with Gasteiger partial charge in [-0.15, -0.1) is 11.8 Å². The van der Waals surface area contributed by atoms with Gasteiger partial charge in [-0.1, -0.05) is 23.9 Å². The van der Waals surface area contributed by atoms with Crippen molar-refractivity contribution >= 4 is 46.5 Å². The predicted molar refractivity (Wildman–Crippen MR) is 89.6 cm³/mol. The van der Waals surface area contributed by atoms with E-state index in [0.717, 1.165) is 11.3 Å². The fourth-order valence-corrected chi connectivity index (χ4v) is 4.15. The van der Waals surface area contributed by atoms with Crippen LogP contribution < -0.4 is 0 Å². The van der Waals surface area contributed by atoms with Crippen LogP contribution in [-0.2, 0) is 14.3 Å². The second-order valence-corrected chi connectivity index (χ2v) is 7.20. The Morgan fingerprint density at radius 3 is 3.09 bits per heavy atom. The normalized spacial score (nSPS) is 18.1. The topological polar surface area (TPSA) is 72.6 Å². The molecule has 0 aliphatic carbocycles. The fourth-order valence-electron chi connectivity index (χ4n) is 2.28. The van der Waals surface area contributed by atoms with Gasteiger partial charge in [0.25, 0.3) is 5.22 Å². The number of aromatic nitrogens is 1. The van der Waals surface area contributed by atoms with E-state index in [0.29, 0.717) is 23.9 Å². The fraction of sp³-hybridized carbons (Fsp3) is 0.400. The molecule has 1 atom stereocenters. The van der Waals surface area contributed by atoms with E-state index in [1.54, 1.807) is 4.90 Å². The highest BCUT2D eigenvalue weighted by Crippen LogP contribution is 2.25. The number of fused-ring (bicyclic) bond motifs is 1. The molecule has 6 nitrogen and oxygen atoms in total. The number of para-hydroxylation sites is 2. The van der Waals surface area contributed by atoms with E-state index in [-0.39, 0.29) is 22.9 Å². The molecule has 1 aliphatic heterocycles. The highest BCUT2D eigenvalue weighted by molar-refractivity contribution is 8.00. The number of thioether (sulfide) groups is 2. The van der Waals surface area contributed by atoms with Crippen molar-refractivity contribution in [2.45, 2.75) is 10.5 Å². The summed E-state index contributed by atoms with van der Waals surface area (Å²) in [6.45, 7) is 1.04. The predicted octanol–water partition coefficient (Wildman–Crippen LogP) is 2.04. The van der Waals surface area contributed by atoms with Gasteiger partial charge in [0, 0.05) is 18.8 Å². The molecular formula is C15H16N2O4S2. The summed E-state index contributed by atoms with van der Waals surface area (Å²) in [5.41, 5.74) is 1.49. The van der Waals surface area contributed by atoms with E-state index >= 15 is 0 Å². The lowest BCUT2D eigenvalue weighted by atomic mass is 10.3. The number of nitrogens with zero attached hydrogens (tertiary/aromatic N) is 2. The lowest BCUT2D eigenvalue weighted by Crippen LogP contribution is -2.45. The van der Waals surface area contributed by atoms with Gasteiger partial charge in [0.15, 0.2) is 5.58 Å². The third-order valence-corrected chi connectivity index (χ3v) is 5.45. The molecule has 0 unspecified atom stereocenters. The van der Waals surface area contributed by atoms with Crippen molar-refractivity contribution in [3.63, 3.8) is 0 Å². The summed E-state index contributed by atoms with van der Waals surface area (Å²) in [6, 6.07) is 7.48. The molecule has 1 saturated heterocycles. The highest BCUT2D eigenvalue weighted by Gasteiger charge is 2.29. The largest absolute Gasteiger partial charge is 0.468 e. The zero-order chi connectivity index (χ0) is 16.2. The van der Waals surface area contributed by atoms with Crippen LogP contribution in [0.3, 0.4) is 0 Å². The molecule has 3 rings (SSSR count). The molecule has 1 aromatic carbocycles. The monoisotopic (exact) mass is 352 g/mol. The van der Waals surface area contributed by atoms with Gasteiger partial charge < -0.3 is 14.1 Å². The van der Waals surface area contributed by atoms with Crippen LogP contribution in [0.25, 0.3) is 11.1 Å². The number of rotatable bonds is 4. The third kappa shape index (κ3) is 3.81. The molecular weight excluding hydrogens is 336 g/mol. The van der Waals surface area contributed by atoms with Gasteiger partial charge in [0.1, 0.15) is 10.8 Å². The Hall–Kier alpha value is -1.67. The van der Waals surface area contributed by atoms with Crippen LogP contribution in [0.15, 0.2) is 33.9 Å². The summed E-state index contributed by atoms with van der Waals surface area (Å²) < 4.78 is 10.3. The number of hydrogen-bond acceptors (Lipinski definition) is 7. The highest BCUT2D eigenvalue weighted by atomic mass is 32.2. The average Bonchev–Trinajstić information content (AvgIpc) is 3.02. The van der Waals surface area contributed by atoms with Gasteiger partial charge in [-0.2, -0.15) is 0 Å². The van der Waals surface area contributed by atoms with Crippen LogP contribution >= 0.6 is 23.5 Å². The van der Waals surface area contributed by atoms with Crippen LogP contribution in [-0.4, -0.2) is 58.7 Å². The maximum atomic E-state index is 12.3. The second-order valence-electron chi connectivity index (χ2n) is 4.96. The molecule has 1 fully saturated rings. The number of oxazole rings is 1. The quantitative estimate of drug-likeness (QED) is 0.616. The van der Waals surface area contributed by atoms with Crippen LogP contribution in [0.5, 0.6) is 0 Å². The summed E-state index contributed by atoms with van der Waals surface area (Å²) in [4.78, 5) is 30.0. The van der Waals surface area contributed by atoms with Crippen molar-refractivity contribution < 1.29 is 18.7 Å². The Balaban J connectivity index is 1.57. The second kappa shape index (κ2) is 7.27. The standard InChI is InChI=1S/C15H16N2O4S2/c1-20-14(19)12-8-17(6-7-22-12)13(18)9-23-15-16-10-4-2-3-5-11(10)21-15/h2-5,12H,6-9H2,1H3/t12-/m1/s1. The van der Waals surface area contributed by atoms with Crippen LogP contribution in [0, 0.1) is 0 Å². The Labute approximate surface area is 141 Å². The number of carbonyl (C=O) groups is 2. The smallest absolute Gasteiger partial charge is 0.320 e. The first-order valence-electron chi connectivity index (χ1n) is 7.13. The number of carbonyl (C=O) groups excluding carboxylic acids is 2. The molecule has 122 valence electrons. The first-order valence-corrected chi connectivity index (χ1v) is 9.16. The van der Waals surface area contributed by atoms with Crippen LogP contribution in [0.4, 0.5) is 0 Å². The minimum Gasteiger partial charge on any atom is -0.468 e. The first-order chi connectivity index (χ1) is 11.2. The summed E-state index contributed by atoms with van der Waals surface area (Å²) in [5.74, 6) is 0.676. The lowest BCUT2D eigenvalue weighted by Gasteiger charge is -2.30. The van der Waals surface area contributed by atoms with Crippen molar-refractivity contribution in [2.24, 2.45) is 0 Å². The molecule has 23 heavy (non-hydrogen) atoms. The average molecular weight is 352 g/mol. The molecule has 0 radical (unpaired) electrons. The molecule has 0 spiro atoms. The van der Waals surface area contributed by atoms with Gasteiger partial charge in [0.2, 0.25) is 5.91 Å². The minimum atomic E-state index is -0.299. The summed E-state index contributed by atoms with van der Waals surface area (Å²) in [5, 5.41) is 0.183. The van der Waals surface area contributed by atoms with E-state index in [1.807, 2.05) is 24.3 Å². The zero-order valence-electron chi connectivity index (χ0n) is 12.6. The van der Waals surface area contributed by atoms with E-state index in [2.05, 4.69) is 4.98 Å². The van der Waals surface area contributed by atoms with E-state index < -0.39 is 0 Å². The first kappa shape index (κ1) is 16.2. The molecule has 0 saturated carbocycles. The number of methoxy groups -OCH3 is 1. The number of ether oxygens (including phenoxy) is 1. The molecule has 1 amide bonds. The third-order valence-electron chi connectivity index (χ3n) is 3.48. The van der Waals surface area contributed by atoms with Gasteiger partial charge in [-0.25, -0.2) is 4.98 Å². The zero-order valence-corrected chi connectivity index (χ0v) is 14.2. The Morgan fingerprint density at radius 1 is 1.48 bits per heavy atom. The van der Waals surface area contributed by atoms with E-state index in [9.17, 15) is 9.59 Å². The number of esters is 1. The molecule has 2 heterocycles. The minimum absolute atomic E-state index is 0.0218. The molecule has 0 N–H and O–H groups in total. The summed E-state index contributed by atoms with van der Waals surface area (Å²) >= 11 is 2.80. The summed E-state index contributed by atoms with van der Waals surface area (Å²) in [6.07, 6.45) is 0. The van der Waals surface area contributed by atoms with Crippen LogP contribution in [0.2, 0.25) is 0 Å². The molecule has 0 bridgehead atoms. The van der Waals surface area contributed by atoms with Crippen LogP contribution in [0.1, 0.15) is 0 Å². The van der Waals surface area contributed by atoms with Gasteiger partial charge in [-0.3, -0.25) is 9.59 Å². The van der Waals surface area contributed by atoms with E-state index in [1.165, 1.54) is 30.6 Å². The SMILES string of the molecule is COC(=O)[C@H]1CN(C(=O)CSc2nc3ccccc3o2)CCS1.